The first-order chi connectivity index (χ1) is 9.27. The van der Waals surface area contributed by atoms with Gasteiger partial charge in [0.15, 0.2) is 5.82 Å². The zero-order valence-electron chi connectivity index (χ0n) is 11.3. The minimum absolute atomic E-state index is 0.218. The average Bonchev–Trinajstić information content (AvgIpc) is 3.07. The number of nitrogens with two attached hydrogens (primary N) is 1. The van der Waals surface area contributed by atoms with E-state index >= 15 is 0 Å². The van der Waals surface area contributed by atoms with E-state index in [-0.39, 0.29) is 5.41 Å². The highest BCUT2D eigenvalue weighted by molar-refractivity contribution is 5.76. The molecule has 3 N–H and O–H groups in total. The van der Waals surface area contributed by atoms with Gasteiger partial charge >= 0.3 is 0 Å². The van der Waals surface area contributed by atoms with E-state index < -0.39 is 0 Å². The summed E-state index contributed by atoms with van der Waals surface area (Å²) in [5.74, 6) is 0.586. The molecular formula is C15H20N4. The van der Waals surface area contributed by atoms with Crippen molar-refractivity contribution in [1.82, 2.24) is 15.2 Å². The van der Waals surface area contributed by atoms with Crippen LogP contribution in [0.3, 0.4) is 0 Å². The van der Waals surface area contributed by atoms with E-state index in [0.717, 1.165) is 17.5 Å². The van der Waals surface area contributed by atoms with Gasteiger partial charge in [-0.05, 0) is 25.3 Å². The number of aromatic amines is 1. The van der Waals surface area contributed by atoms with Crippen molar-refractivity contribution in [3.63, 3.8) is 0 Å². The molecule has 2 aromatic heterocycles. The van der Waals surface area contributed by atoms with Gasteiger partial charge < -0.3 is 5.73 Å². The molecule has 1 saturated carbocycles. The van der Waals surface area contributed by atoms with Gasteiger partial charge in [0, 0.05) is 28.9 Å². The first-order valence-electron chi connectivity index (χ1n) is 7.01. The molecule has 3 rings (SSSR count). The quantitative estimate of drug-likeness (QED) is 0.885. The van der Waals surface area contributed by atoms with E-state index in [4.69, 9.17) is 5.73 Å². The molecule has 0 aliphatic heterocycles. The molecule has 0 bridgehead atoms. The molecule has 0 saturated heterocycles. The maximum atomic E-state index is 6.08. The number of aromatic nitrogens is 3. The number of H-pyrrole nitrogens is 1. The second-order valence-corrected chi connectivity index (χ2v) is 5.44. The highest BCUT2D eigenvalue weighted by Gasteiger charge is 2.38. The van der Waals surface area contributed by atoms with Crippen molar-refractivity contribution in [2.75, 3.05) is 5.73 Å². The lowest BCUT2D eigenvalue weighted by molar-refractivity contribution is 0.413. The molecule has 2 heterocycles. The predicted molar refractivity (Wildman–Crippen MR) is 76.7 cm³/mol. The topological polar surface area (TPSA) is 67.6 Å². The van der Waals surface area contributed by atoms with Gasteiger partial charge in [0.1, 0.15) is 0 Å². The van der Waals surface area contributed by atoms with Crippen molar-refractivity contribution >= 4 is 5.82 Å². The van der Waals surface area contributed by atoms with Crippen LogP contribution in [0.1, 0.15) is 44.7 Å². The van der Waals surface area contributed by atoms with Crippen LogP contribution < -0.4 is 5.73 Å². The minimum Gasteiger partial charge on any atom is -0.382 e. The van der Waals surface area contributed by atoms with Gasteiger partial charge in [0.2, 0.25) is 0 Å². The van der Waals surface area contributed by atoms with Crippen LogP contribution in [0.15, 0.2) is 24.5 Å². The number of nitrogens with zero attached hydrogens (tertiary/aromatic N) is 2. The molecule has 4 nitrogen and oxygen atoms in total. The maximum Gasteiger partial charge on any atom is 0.153 e. The third-order valence-corrected chi connectivity index (χ3v) is 4.51. The molecule has 100 valence electrons. The van der Waals surface area contributed by atoms with Crippen molar-refractivity contribution < 1.29 is 0 Å². The van der Waals surface area contributed by atoms with Crippen molar-refractivity contribution in [1.29, 1.82) is 0 Å². The molecule has 1 fully saturated rings. The number of rotatable bonds is 3. The lowest BCUT2D eigenvalue weighted by Crippen LogP contribution is -2.22. The fourth-order valence-electron chi connectivity index (χ4n) is 3.37. The third kappa shape index (κ3) is 1.91. The Kier molecular flexibility index (Phi) is 3.01. The van der Waals surface area contributed by atoms with Gasteiger partial charge in [0.25, 0.3) is 0 Å². The normalized spacial score (nSPS) is 17.7. The molecule has 0 unspecified atom stereocenters. The zero-order valence-corrected chi connectivity index (χ0v) is 11.3. The third-order valence-electron chi connectivity index (χ3n) is 4.51. The average molecular weight is 256 g/mol. The number of hydrogen-bond donors (Lipinski definition) is 2. The van der Waals surface area contributed by atoms with Crippen LogP contribution >= 0.6 is 0 Å². The first kappa shape index (κ1) is 12.2. The minimum atomic E-state index is 0.218. The maximum absolute atomic E-state index is 6.08. The van der Waals surface area contributed by atoms with Crippen LogP contribution in [0.2, 0.25) is 0 Å². The summed E-state index contributed by atoms with van der Waals surface area (Å²) in [6, 6.07) is 3.99. The summed E-state index contributed by atoms with van der Waals surface area (Å²) in [7, 11) is 0. The van der Waals surface area contributed by atoms with Gasteiger partial charge in [0.05, 0.1) is 5.69 Å². The summed E-state index contributed by atoms with van der Waals surface area (Å²) in [6.07, 6.45) is 9.80. The van der Waals surface area contributed by atoms with Gasteiger partial charge in [-0.2, -0.15) is 5.10 Å². The molecule has 2 aromatic rings. The molecule has 4 heteroatoms. The van der Waals surface area contributed by atoms with Crippen LogP contribution in [0, 0.1) is 0 Å². The highest BCUT2D eigenvalue weighted by atomic mass is 15.2. The van der Waals surface area contributed by atoms with Gasteiger partial charge in [-0.3, -0.25) is 10.1 Å². The fourth-order valence-corrected chi connectivity index (χ4v) is 3.37. The summed E-state index contributed by atoms with van der Waals surface area (Å²) in [6.45, 7) is 2.26. The van der Waals surface area contributed by atoms with Crippen molar-refractivity contribution in [3.8, 4) is 11.1 Å². The monoisotopic (exact) mass is 256 g/mol. The summed E-state index contributed by atoms with van der Waals surface area (Å²) in [5, 5.41) is 7.46. The van der Waals surface area contributed by atoms with E-state index in [0.29, 0.717) is 5.82 Å². The molecule has 0 amide bonds. The van der Waals surface area contributed by atoms with Crippen LogP contribution in [-0.2, 0) is 5.41 Å². The Labute approximate surface area is 113 Å². The standard InChI is InChI=1S/C15H20N4/c1-2-15(7-3-4-8-15)13-12(14(16)19-18-13)11-6-5-9-17-10-11/h5-6,9-10H,2-4,7-8H2,1H3,(H3,16,18,19). The molecular weight excluding hydrogens is 236 g/mol. The largest absolute Gasteiger partial charge is 0.382 e. The smallest absolute Gasteiger partial charge is 0.153 e. The lowest BCUT2D eigenvalue weighted by Gasteiger charge is -2.27. The Balaban J connectivity index is 2.13. The van der Waals surface area contributed by atoms with Crippen LogP contribution in [0.4, 0.5) is 5.82 Å². The Morgan fingerprint density at radius 3 is 2.79 bits per heavy atom. The summed E-state index contributed by atoms with van der Waals surface area (Å²) in [4.78, 5) is 4.20. The zero-order chi connectivity index (χ0) is 13.3. The van der Waals surface area contributed by atoms with E-state index in [2.05, 4.69) is 28.2 Å². The Morgan fingerprint density at radius 1 is 1.37 bits per heavy atom. The molecule has 0 spiro atoms. The van der Waals surface area contributed by atoms with Crippen molar-refractivity contribution in [2.45, 2.75) is 44.4 Å². The first-order valence-corrected chi connectivity index (χ1v) is 7.01. The molecule has 1 aliphatic carbocycles. The molecule has 19 heavy (non-hydrogen) atoms. The molecule has 1 aliphatic rings. The SMILES string of the molecule is CCC1(c2[nH]nc(N)c2-c2cccnc2)CCCC1. The van der Waals surface area contributed by atoms with Gasteiger partial charge in [-0.25, -0.2) is 0 Å². The number of anilines is 1. The van der Waals surface area contributed by atoms with E-state index in [1.807, 2.05) is 12.3 Å². The second kappa shape index (κ2) is 4.68. The van der Waals surface area contributed by atoms with Crippen LogP contribution in [-0.4, -0.2) is 15.2 Å². The highest BCUT2D eigenvalue weighted by Crippen LogP contribution is 2.47. The van der Waals surface area contributed by atoms with Gasteiger partial charge in [-0.15, -0.1) is 0 Å². The van der Waals surface area contributed by atoms with E-state index in [1.165, 1.54) is 31.4 Å². The van der Waals surface area contributed by atoms with Crippen LogP contribution in [0.5, 0.6) is 0 Å². The number of nitrogen functional groups attached to an aromatic ring is 1. The Bertz CT molecular complexity index is 553. The Hall–Kier alpha value is -1.84. The molecule has 0 atom stereocenters. The molecule has 0 aromatic carbocycles. The number of pyridine rings is 1. The van der Waals surface area contributed by atoms with Crippen molar-refractivity contribution in [2.24, 2.45) is 0 Å². The van der Waals surface area contributed by atoms with E-state index in [1.54, 1.807) is 6.20 Å². The van der Waals surface area contributed by atoms with Crippen LogP contribution in [0.25, 0.3) is 11.1 Å². The number of hydrogen-bond acceptors (Lipinski definition) is 3. The lowest BCUT2D eigenvalue weighted by atomic mass is 9.77. The van der Waals surface area contributed by atoms with Gasteiger partial charge in [-0.1, -0.05) is 25.8 Å². The summed E-state index contributed by atoms with van der Waals surface area (Å²) >= 11 is 0. The number of nitrogens with one attached hydrogen (secondary N) is 1. The fraction of sp³-hybridized carbons (Fsp3) is 0.467. The summed E-state index contributed by atoms with van der Waals surface area (Å²) < 4.78 is 0. The second-order valence-electron chi connectivity index (χ2n) is 5.44. The molecule has 0 radical (unpaired) electrons. The Morgan fingerprint density at radius 2 is 2.16 bits per heavy atom. The van der Waals surface area contributed by atoms with Crippen molar-refractivity contribution in [3.05, 3.63) is 30.2 Å². The van der Waals surface area contributed by atoms with E-state index in [9.17, 15) is 0 Å². The summed E-state index contributed by atoms with van der Waals surface area (Å²) in [5.41, 5.74) is 9.62. The predicted octanol–water partition coefficient (Wildman–Crippen LogP) is 3.28.